The Bertz CT molecular complexity index is 580. The molecule has 0 radical (unpaired) electrons. The van der Waals surface area contributed by atoms with Crippen molar-refractivity contribution in [2.45, 2.75) is 33.7 Å². The maximum absolute atomic E-state index is 5.84. The molecule has 0 saturated heterocycles. The molecule has 0 aliphatic heterocycles. The summed E-state index contributed by atoms with van der Waals surface area (Å²) in [4.78, 5) is 11.2. The van der Waals surface area contributed by atoms with Gasteiger partial charge in [0.1, 0.15) is 11.6 Å². The van der Waals surface area contributed by atoms with Crippen LogP contribution in [0.3, 0.4) is 0 Å². The molecule has 4 heteroatoms. The zero-order chi connectivity index (χ0) is 14.5. The minimum atomic E-state index is 0.798. The molecule has 106 valence electrons. The van der Waals surface area contributed by atoms with Crippen LogP contribution >= 0.6 is 0 Å². The second kappa shape index (κ2) is 6.37. The van der Waals surface area contributed by atoms with Gasteiger partial charge >= 0.3 is 0 Å². The van der Waals surface area contributed by atoms with Crippen molar-refractivity contribution in [2.24, 2.45) is 0 Å². The Kier molecular flexibility index (Phi) is 4.56. The van der Waals surface area contributed by atoms with E-state index in [0.717, 1.165) is 42.5 Å². The summed E-state index contributed by atoms with van der Waals surface area (Å²) in [6, 6.07) is 10.1. The number of aromatic nitrogens is 2. The van der Waals surface area contributed by atoms with Gasteiger partial charge in [-0.1, -0.05) is 19.1 Å². The fourth-order valence-electron chi connectivity index (χ4n) is 2.22. The van der Waals surface area contributed by atoms with Crippen LogP contribution in [0.5, 0.6) is 0 Å². The summed E-state index contributed by atoms with van der Waals surface area (Å²) in [5.41, 5.74) is 8.92. The van der Waals surface area contributed by atoms with Crippen LogP contribution in [0.25, 0.3) is 0 Å². The molecule has 1 heterocycles. The lowest BCUT2D eigenvalue weighted by molar-refractivity contribution is 0.797. The van der Waals surface area contributed by atoms with Gasteiger partial charge < -0.3 is 10.6 Å². The average Bonchev–Trinajstić information content (AvgIpc) is 2.44. The third-order valence-electron chi connectivity index (χ3n) is 3.27. The first-order valence-electron chi connectivity index (χ1n) is 7.06. The number of anilines is 2. The molecule has 2 rings (SSSR count). The lowest BCUT2D eigenvalue weighted by atomic mass is 10.2. The highest BCUT2D eigenvalue weighted by Gasteiger charge is 2.09. The summed E-state index contributed by atoms with van der Waals surface area (Å²) in [6.45, 7) is 7.89. The summed E-state index contributed by atoms with van der Waals surface area (Å²) in [5.74, 6) is 1.81. The SMILES string of the molecule is CCc1cc(N(CC)Cc2cccc(N)c2)nc(C)n1. The highest BCUT2D eigenvalue weighted by atomic mass is 15.2. The van der Waals surface area contributed by atoms with Gasteiger partial charge in [0, 0.05) is 30.5 Å². The Hall–Kier alpha value is -2.10. The molecule has 0 aliphatic rings. The van der Waals surface area contributed by atoms with Crippen LogP contribution in [0.2, 0.25) is 0 Å². The van der Waals surface area contributed by atoms with Crippen molar-refractivity contribution in [3.8, 4) is 0 Å². The number of nitrogens with two attached hydrogens (primary N) is 1. The summed E-state index contributed by atoms with van der Waals surface area (Å²) < 4.78 is 0. The molecule has 1 aromatic heterocycles. The predicted octanol–water partition coefficient (Wildman–Crippen LogP) is 2.96. The maximum Gasteiger partial charge on any atom is 0.132 e. The Morgan fingerprint density at radius 1 is 1.15 bits per heavy atom. The van der Waals surface area contributed by atoms with Crippen LogP contribution < -0.4 is 10.6 Å². The minimum Gasteiger partial charge on any atom is -0.399 e. The van der Waals surface area contributed by atoms with Gasteiger partial charge in [0.25, 0.3) is 0 Å². The largest absolute Gasteiger partial charge is 0.399 e. The monoisotopic (exact) mass is 270 g/mol. The standard InChI is InChI=1S/C16H22N4/c1-4-15-10-16(19-12(3)18-15)20(5-2)11-13-7-6-8-14(17)9-13/h6-10H,4-5,11,17H2,1-3H3. The molecule has 0 aliphatic carbocycles. The first kappa shape index (κ1) is 14.3. The number of benzene rings is 1. The molecule has 0 spiro atoms. The fraction of sp³-hybridized carbons (Fsp3) is 0.375. The van der Waals surface area contributed by atoms with Crippen molar-refractivity contribution in [3.05, 3.63) is 47.4 Å². The number of rotatable bonds is 5. The zero-order valence-corrected chi connectivity index (χ0v) is 12.4. The number of hydrogen-bond acceptors (Lipinski definition) is 4. The van der Waals surface area contributed by atoms with Crippen LogP contribution in [-0.4, -0.2) is 16.5 Å². The Morgan fingerprint density at radius 3 is 2.60 bits per heavy atom. The van der Waals surface area contributed by atoms with Crippen LogP contribution in [0.15, 0.2) is 30.3 Å². The maximum atomic E-state index is 5.84. The quantitative estimate of drug-likeness (QED) is 0.849. The van der Waals surface area contributed by atoms with Crippen molar-refractivity contribution in [2.75, 3.05) is 17.2 Å². The van der Waals surface area contributed by atoms with Gasteiger partial charge in [-0.25, -0.2) is 9.97 Å². The van der Waals surface area contributed by atoms with Crippen LogP contribution in [-0.2, 0) is 13.0 Å². The van der Waals surface area contributed by atoms with E-state index in [1.54, 1.807) is 0 Å². The van der Waals surface area contributed by atoms with Crippen molar-refractivity contribution >= 4 is 11.5 Å². The topological polar surface area (TPSA) is 55.0 Å². The summed E-state index contributed by atoms with van der Waals surface area (Å²) in [7, 11) is 0. The van der Waals surface area contributed by atoms with E-state index in [4.69, 9.17) is 5.73 Å². The molecule has 0 fully saturated rings. The molecule has 20 heavy (non-hydrogen) atoms. The smallest absolute Gasteiger partial charge is 0.132 e. The Morgan fingerprint density at radius 2 is 1.95 bits per heavy atom. The van der Waals surface area contributed by atoms with Gasteiger partial charge in [0.2, 0.25) is 0 Å². The summed E-state index contributed by atoms with van der Waals surface area (Å²) in [6.07, 6.45) is 0.923. The number of hydrogen-bond donors (Lipinski definition) is 1. The first-order chi connectivity index (χ1) is 9.62. The normalized spacial score (nSPS) is 10.6. The van der Waals surface area contributed by atoms with Gasteiger partial charge in [-0.3, -0.25) is 0 Å². The lowest BCUT2D eigenvalue weighted by Gasteiger charge is -2.23. The molecule has 0 amide bonds. The van der Waals surface area contributed by atoms with Crippen molar-refractivity contribution in [3.63, 3.8) is 0 Å². The number of aryl methyl sites for hydroxylation is 2. The number of nitrogens with zero attached hydrogens (tertiary/aromatic N) is 3. The summed E-state index contributed by atoms with van der Waals surface area (Å²) >= 11 is 0. The minimum absolute atomic E-state index is 0.798. The molecule has 0 saturated carbocycles. The Balaban J connectivity index is 2.26. The van der Waals surface area contributed by atoms with E-state index in [1.165, 1.54) is 5.56 Å². The molecule has 0 unspecified atom stereocenters. The second-order valence-electron chi connectivity index (χ2n) is 4.88. The van der Waals surface area contributed by atoms with E-state index in [2.05, 4.69) is 40.8 Å². The van der Waals surface area contributed by atoms with Crippen molar-refractivity contribution in [1.29, 1.82) is 0 Å². The van der Waals surface area contributed by atoms with Crippen LogP contribution in [0, 0.1) is 6.92 Å². The second-order valence-corrected chi connectivity index (χ2v) is 4.88. The van der Waals surface area contributed by atoms with E-state index in [9.17, 15) is 0 Å². The van der Waals surface area contributed by atoms with E-state index < -0.39 is 0 Å². The van der Waals surface area contributed by atoms with Crippen molar-refractivity contribution in [1.82, 2.24) is 9.97 Å². The molecule has 2 aromatic rings. The highest BCUT2D eigenvalue weighted by Crippen LogP contribution is 2.17. The van der Waals surface area contributed by atoms with Crippen LogP contribution in [0.1, 0.15) is 30.9 Å². The lowest BCUT2D eigenvalue weighted by Crippen LogP contribution is -2.24. The van der Waals surface area contributed by atoms with Gasteiger partial charge in [-0.15, -0.1) is 0 Å². The summed E-state index contributed by atoms with van der Waals surface area (Å²) in [5, 5.41) is 0. The third-order valence-corrected chi connectivity index (χ3v) is 3.27. The van der Waals surface area contributed by atoms with Crippen LogP contribution in [0.4, 0.5) is 11.5 Å². The first-order valence-corrected chi connectivity index (χ1v) is 7.06. The van der Waals surface area contributed by atoms with Crippen molar-refractivity contribution < 1.29 is 0 Å². The molecule has 4 nitrogen and oxygen atoms in total. The fourth-order valence-corrected chi connectivity index (χ4v) is 2.22. The average molecular weight is 270 g/mol. The van der Waals surface area contributed by atoms with E-state index in [1.807, 2.05) is 25.1 Å². The molecular weight excluding hydrogens is 248 g/mol. The molecule has 0 atom stereocenters. The van der Waals surface area contributed by atoms with Gasteiger partial charge in [-0.2, -0.15) is 0 Å². The van der Waals surface area contributed by atoms with E-state index in [-0.39, 0.29) is 0 Å². The Labute approximate surface area is 120 Å². The van der Waals surface area contributed by atoms with Gasteiger partial charge in [0.15, 0.2) is 0 Å². The zero-order valence-electron chi connectivity index (χ0n) is 12.4. The van der Waals surface area contributed by atoms with Gasteiger partial charge in [0.05, 0.1) is 0 Å². The molecule has 2 N–H and O–H groups in total. The molecule has 0 bridgehead atoms. The van der Waals surface area contributed by atoms with Gasteiger partial charge in [-0.05, 0) is 38.0 Å². The number of nitrogen functional groups attached to an aromatic ring is 1. The van der Waals surface area contributed by atoms with E-state index in [0.29, 0.717) is 0 Å². The molecule has 1 aromatic carbocycles. The molecular formula is C16H22N4. The van der Waals surface area contributed by atoms with E-state index >= 15 is 0 Å². The third kappa shape index (κ3) is 3.47. The predicted molar refractivity (Wildman–Crippen MR) is 83.7 cm³/mol. The highest BCUT2D eigenvalue weighted by molar-refractivity contribution is 5.44.